The second-order valence-corrected chi connectivity index (χ2v) is 5.20. The van der Waals surface area contributed by atoms with Crippen LogP contribution in [0.3, 0.4) is 0 Å². The molecule has 2 atom stereocenters. The van der Waals surface area contributed by atoms with Crippen molar-refractivity contribution >= 4 is 17.3 Å². The van der Waals surface area contributed by atoms with Gasteiger partial charge in [0.1, 0.15) is 12.0 Å². The summed E-state index contributed by atoms with van der Waals surface area (Å²) in [6.45, 7) is 4.17. The largest absolute Gasteiger partial charge is 0.409 e. The molecular weight excluding hydrogens is 274 g/mol. The van der Waals surface area contributed by atoms with Crippen LogP contribution in [-0.4, -0.2) is 33.0 Å². The maximum absolute atomic E-state index is 10.9. The molecule has 1 aliphatic heterocycles. The van der Waals surface area contributed by atoms with Gasteiger partial charge in [0.25, 0.3) is 5.69 Å². The van der Waals surface area contributed by atoms with Crippen molar-refractivity contribution in [1.29, 1.82) is 0 Å². The van der Waals surface area contributed by atoms with Crippen LogP contribution in [0.4, 0.5) is 11.5 Å². The number of aromatic nitrogens is 1. The van der Waals surface area contributed by atoms with Crippen molar-refractivity contribution in [2.75, 3.05) is 4.90 Å². The van der Waals surface area contributed by atoms with E-state index in [-0.39, 0.29) is 17.6 Å². The van der Waals surface area contributed by atoms with Crippen LogP contribution < -0.4 is 10.6 Å². The Labute approximate surface area is 122 Å². The minimum absolute atomic E-state index is 0.171. The third kappa shape index (κ3) is 2.74. The monoisotopic (exact) mass is 293 g/mol. The van der Waals surface area contributed by atoms with Crippen molar-refractivity contribution in [2.45, 2.75) is 45.2 Å². The number of anilines is 1. The number of nitro groups is 1. The molecule has 0 radical (unpaired) electrons. The molecule has 114 valence electrons. The molecule has 1 saturated heterocycles. The molecule has 2 heterocycles. The molecule has 0 aromatic carbocycles. The molecule has 0 amide bonds. The van der Waals surface area contributed by atoms with E-state index in [9.17, 15) is 10.1 Å². The number of rotatable bonds is 4. The highest BCUT2D eigenvalue weighted by atomic mass is 16.6. The van der Waals surface area contributed by atoms with Gasteiger partial charge in [-0.15, -0.1) is 0 Å². The first-order chi connectivity index (χ1) is 9.99. The number of hydrogen-bond acceptors (Lipinski definition) is 6. The highest BCUT2D eigenvalue weighted by Gasteiger charge is 2.33. The maximum atomic E-state index is 10.9. The fourth-order valence-electron chi connectivity index (χ4n) is 2.85. The first kappa shape index (κ1) is 15.0. The minimum atomic E-state index is -0.546. The highest BCUT2D eigenvalue weighted by molar-refractivity contribution is 6.02. The molecule has 8 heteroatoms. The molecule has 3 N–H and O–H groups in total. The molecule has 2 unspecified atom stereocenters. The van der Waals surface area contributed by atoms with Crippen LogP contribution in [0.5, 0.6) is 0 Å². The fraction of sp³-hybridized carbons (Fsp3) is 0.538. The standard InChI is InChI=1S/C13H19N5O3/c1-3-9-5-4-8(2)17(9)13-11(12(14)16-19)6-10(7-15-13)18(20)21/h6-9,19H,3-5H2,1-2H3,(H2,14,16). The Bertz CT molecular complexity index is 575. The molecule has 1 fully saturated rings. The van der Waals surface area contributed by atoms with E-state index in [2.05, 4.69) is 28.9 Å². The van der Waals surface area contributed by atoms with Crippen molar-refractivity contribution in [3.8, 4) is 0 Å². The summed E-state index contributed by atoms with van der Waals surface area (Å²) in [5.41, 5.74) is 5.79. The fourth-order valence-corrected chi connectivity index (χ4v) is 2.85. The van der Waals surface area contributed by atoms with Gasteiger partial charge in [-0.3, -0.25) is 10.1 Å². The van der Waals surface area contributed by atoms with Gasteiger partial charge in [0.15, 0.2) is 5.84 Å². The summed E-state index contributed by atoms with van der Waals surface area (Å²) in [6, 6.07) is 1.86. The van der Waals surface area contributed by atoms with Gasteiger partial charge in [0.05, 0.1) is 10.5 Å². The lowest BCUT2D eigenvalue weighted by molar-refractivity contribution is -0.385. The predicted octanol–water partition coefficient (Wildman–Crippen LogP) is 1.85. The minimum Gasteiger partial charge on any atom is -0.409 e. The van der Waals surface area contributed by atoms with Crippen molar-refractivity contribution in [1.82, 2.24) is 4.98 Å². The lowest BCUT2D eigenvalue weighted by Gasteiger charge is -2.30. The Morgan fingerprint density at radius 3 is 2.95 bits per heavy atom. The maximum Gasteiger partial charge on any atom is 0.288 e. The number of oxime groups is 1. The molecule has 0 aliphatic carbocycles. The van der Waals surface area contributed by atoms with Crippen LogP contribution in [0.1, 0.15) is 38.7 Å². The third-order valence-electron chi connectivity index (χ3n) is 3.95. The van der Waals surface area contributed by atoms with Gasteiger partial charge in [-0.1, -0.05) is 12.1 Å². The van der Waals surface area contributed by atoms with Crippen molar-refractivity contribution in [3.63, 3.8) is 0 Å². The van der Waals surface area contributed by atoms with E-state index in [1.807, 2.05) is 0 Å². The molecule has 0 saturated carbocycles. The molecule has 0 spiro atoms. The average Bonchev–Trinajstić information content (AvgIpc) is 2.86. The van der Waals surface area contributed by atoms with Crippen LogP contribution in [0.15, 0.2) is 17.4 Å². The van der Waals surface area contributed by atoms with Crippen LogP contribution >= 0.6 is 0 Å². The Balaban J connectivity index is 2.54. The third-order valence-corrected chi connectivity index (χ3v) is 3.95. The zero-order valence-corrected chi connectivity index (χ0v) is 12.1. The highest BCUT2D eigenvalue weighted by Crippen LogP contribution is 2.33. The van der Waals surface area contributed by atoms with Gasteiger partial charge in [0.2, 0.25) is 0 Å². The number of pyridine rings is 1. The second kappa shape index (κ2) is 5.94. The van der Waals surface area contributed by atoms with E-state index < -0.39 is 4.92 Å². The Morgan fingerprint density at radius 2 is 2.38 bits per heavy atom. The van der Waals surface area contributed by atoms with Crippen LogP contribution in [-0.2, 0) is 0 Å². The summed E-state index contributed by atoms with van der Waals surface area (Å²) < 4.78 is 0. The summed E-state index contributed by atoms with van der Waals surface area (Å²) in [5, 5.41) is 22.8. The first-order valence-electron chi connectivity index (χ1n) is 6.90. The zero-order chi connectivity index (χ0) is 15.6. The Kier molecular flexibility index (Phi) is 4.25. The summed E-state index contributed by atoms with van der Waals surface area (Å²) in [5.74, 6) is 0.364. The van der Waals surface area contributed by atoms with Gasteiger partial charge in [-0.25, -0.2) is 4.98 Å². The zero-order valence-electron chi connectivity index (χ0n) is 12.1. The van der Waals surface area contributed by atoms with Crippen LogP contribution in [0.25, 0.3) is 0 Å². The van der Waals surface area contributed by atoms with Gasteiger partial charge < -0.3 is 15.8 Å². The number of nitrogens with zero attached hydrogens (tertiary/aromatic N) is 4. The van der Waals surface area contributed by atoms with E-state index >= 15 is 0 Å². The summed E-state index contributed by atoms with van der Waals surface area (Å²) >= 11 is 0. The molecule has 0 bridgehead atoms. The normalized spacial score (nSPS) is 22.6. The summed E-state index contributed by atoms with van der Waals surface area (Å²) in [6.07, 6.45) is 4.21. The summed E-state index contributed by atoms with van der Waals surface area (Å²) in [4.78, 5) is 16.7. The lowest BCUT2D eigenvalue weighted by atomic mass is 10.1. The van der Waals surface area contributed by atoms with Crippen molar-refractivity contribution < 1.29 is 10.1 Å². The van der Waals surface area contributed by atoms with Crippen LogP contribution in [0.2, 0.25) is 0 Å². The van der Waals surface area contributed by atoms with Crippen LogP contribution in [0, 0.1) is 10.1 Å². The molecule has 1 aromatic rings. The number of amidine groups is 1. The van der Waals surface area contributed by atoms with Crippen molar-refractivity contribution in [3.05, 3.63) is 27.9 Å². The molecule has 1 aromatic heterocycles. The summed E-state index contributed by atoms with van der Waals surface area (Å²) in [7, 11) is 0. The Hall–Kier alpha value is -2.38. The van der Waals surface area contributed by atoms with Gasteiger partial charge in [0, 0.05) is 18.2 Å². The van der Waals surface area contributed by atoms with Gasteiger partial charge in [-0.05, 0) is 26.2 Å². The van der Waals surface area contributed by atoms with E-state index in [1.165, 1.54) is 12.3 Å². The smallest absolute Gasteiger partial charge is 0.288 e. The average molecular weight is 293 g/mol. The molecule has 8 nitrogen and oxygen atoms in total. The van der Waals surface area contributed by atoms with Crippen molar-refractivity contribution in [2.24, 2.45) is 10.9 Å². The van der Waals surface area contributed by atoms with E-state index in [0.29, 0.717) is 17.4 Å². The van der Waals surface area contributed by atoms with E-state index in [0.717, 1.165) is 19.3 Å². The molecule has 2 rings (SSSR count). The van der Waals surface area contributed by atoms with Gasteiger partial charge >= 0.3 is 0 Å². The Morgan fingerprint density at radius 1 is 1.67 bits per heavy atom. The van der Waals surface area contributed by atoms with E-state index in [1.54, 1.807) is 0 Å². The number of nitrogens with two attached hydrogens (primary N) is 1. The lowest BCUT2D eigenvalue weighted by Crippen LogP contribution is -2.36. The molecule has 21 heavy (non-hydrogen) atoms. The SMILES string of the molecule is CCC1CCC(C)N1c1ncc([N+](=O)[O-])cc1C(N)=NO. The second-order valence-electron chi connectivity index (χ2n) is 5.20. The quantitative estimate of drug-likeness (QED) is 0.287. The first-order valence-corrected chi connectivity index (χ1v) is 6.90. The van der Waals surface area contributed by atoms with Gasteiger partial charge in [-0.2, -0.15) is 0 Å². The molecular formula is C13H19N5O3. The topological polar surface area (TPSA) is 118 Å². The molecule has 1 aliphatic rings. The van der Waals surface area contributed by atoms with E-state index in [4.69, 9.17) is 10.9 Å². The predicted molar refractivity (Wildman–Crippen MR) is 78.7 cm³/mol. The number of hydrogen-bond donors (Lipinski definition) is 2.